The number of alkyl halides is 3. The molecule has 1 heterocycles. The Bertz CT molecular complexity index is 446. The Hall–Kier alpha value is -1.54. The Morgan fingerprint density at radius 3 is 2.75 bits per heavy atom. The van der Waals surface area contributed by atoms with E-state index in [0.717, 1.165) is 6.07 Å². The van der Waals surface area contributed by atoms with Gasteiger partial charge in [0.2, 0.25) is 0 Å². The molecular weight excluding hydrogens is 241 g/mol. The van der Waals surface area contributed by atoms with Crippen LogP contribution < -0.4 is 0 Å². The standard InChI is InChI=1S/C10H6ClF3N2/c11-9-7(3-1-2-4-15)5-8(6-16-9)10(12,13)14/h1,3,5-6H,2H2. The summed E-state index contributed by atoms with van der Waals surface area (Å²) in [5.41, 5.74) is -0.722. The second-order valence-electron chi connectivity index (χ2n) is 2.87. The molecular formula is C10H6ClF3N2. The van der Waals surface area contributed by atoms with Crippen molar-refractivity contribution in [2.24, 2.45) is 0 Å². The number of aromatic nitrogens is 1. The van der Waals surface area contributed by atoms with Crippen molar-refractivity contribution < 1.29 is 13.2 Å². The fourth-order valence-corrected chi connectivity index (χ4v) is 1.14. The number of hydrogen-bond donors (Lipinski definition) is 0. The van der Waals surface area contributed by atoms with Crippen LogP contribution in [0.2, 0.25) is 5.15 Å². The molecule has 0 bridgehead atoms. The molecule has 0 fully saturated rings. The summed E-state index contributed by atoms with van der Waals surface area (Å²) in [5.74, 6) is 0. The van der Waals surface area contributed by atoms with Crippen LogP contribution in [0.5, 0.6) is 0 Å². The molecule has 0 spiro atoms. The highest BCUT2D eigenvalue weighted by Crippen LogP contribution is 2.30. The van der Waals surface area contributed by atoms with Gasteiger partial charge in [-0.05, 0) is 6.07 Å². The number of allylic oxidation sites excluding steroid dienone is 1. The minimum atomic E-state index is -4.45. The van der Waals surface area contributed by atoms with Gasteiger partial charge in [-0.15, -0.1) is 0 Å². The monoisotopic (exact) mass is 246 g/mol. The summed E-state index contributed by atoms with van der Waals surface area (Å²) >= 11 is 5.61. The zero-order valence-corrected chi connectivity index (χ0v) is 8.68. The van der Waals surface area contributed by atoms with Gasteiger partial charge in [0.05, 0.1) is 18.1 Å². The minimum Gasteiger partial charge on any atom is -0.243 e. The molecule has 0 amide bonds. The normalized spacial score (nSPS) is 11.7. The molecule has 0 aromatic carbocycles. The van der Waals surface area contributed by atoms with Crippen molar-refractivity contribution in [1.82, 2.24) is 4.98 Å². The third kappa shape index (κ3) is 3.24. The summed E-state index contributed by atoms with van der Waals surface area (Å²) in [6.07, 6.45) is -0.914. The molecule has 1 rings (SSSR count). The van der Waals surface area contributed by atoms with Crippen molar-refractivity contribution >= 4 is 17.7 Å². The first-order valence-corrected chi connectivity index (χ1v) is 4.59. The molecule has 84 valence electrons. The highest BCUT2D eigenvalue weighted by molar-refractivity contribution is 6.30. The molecule has 2 nitrogen and oxygen atoms in total. The van der Waals surface area contributed by atoms with E-state index in [1.807, 2.05) is 6.07 Å². The van der Waals surface area contributed by atoms with Gasteiger partial charge in [-0.3, -0.25) is 0 Å². The topological polar surface area (TPSA) is 36.7 Å². The molecule has 0 aliphatic rings. The molecule has 0 aliphatic carbocycles. The first-order valence-electron chi connectivity index (χ1n) is 4.21. The van der Waals surface area contributed by atoms with E-state index in [2.05, 4.69) is 4.98 Å². The smallest absolute Gasteiger partial charge is 0.243 e. The Kier molecular flexibility index (Phi) is 3.91. The molecule has 16 heavy (non-hydrogen) atoms. The first-order chi connectivity index (χ1) is 7.45. The van der Waals surface area contributed by atoms with Crippen LogP contribution in [0.1, 0.15) is 17.5 Å². The molecule has 0 aliphatic heterocycles. The zero-order chi connectivity index (χ0) is 12.2. The Balaban J connectivity index is 3.05. The van der Waals surface area contributed by atoms with Crippen LogP contribution in [0, 0.1) is 11.3 Å². The highest BCUT2D eigenvalue weighted by Gasteiger charge is 2.31. The van der Waals surface area contributed by atoms with Gasteiger partial charge in [-0.2, -0.15) is 18.4 Å². The van der Waals surface area contributed by atoms with Gasteiger partial charge < -0.3 is 0 Å². The van der Waals surface area contributed by atoms with Crippen molar-refractivity contribution in [3.8, 4) is 6.07 Å². The van der Waals surface area contributed by atoms with Gasteiger partial charge in [-0.25, -0.2) is 4.98 Å². The van der Waals surface area contributed by atoms with Crippen LogP contribution in [-0.2, 0) is 6.18 Å². The SMILES string of the molecule is N#CCC=Cc1cc(C(F)(F)F)cnc1Cl. The molecule has 1 aromatic heterocycles. The lowest BCUT2D eigenvalue weighted by Crippen LogP contribution is -2.05. The van der Waals surface area contributed by atoms with E-state index in [9.17, 15) is 13.2 Å². The van der Waals surface area contributed by atoms with E-state index in [0.29, 0.717) is 6.20 Å². The summed E-state index contributed by atoms with van der Waals surface area (Å²) < 4.78 is 37.0. The van der Waals surface area contributed by atoms with E-state index >= 15 is 0 Å². The molecule has 0 saturated heterocycles. The number of hydrogen-bond acceptors (Lipinski definition) is 2. The van der Waals surface area contributed by atoms with Crippen LogP contribution in [0.3, 0.4) is 0 Å². The second-order valence-corrected chi connectivity index (χ2v) is 3.22. The zero-order valence-electron chi connectivity index (χ0n) is 7.92. The van der Waals surface area contributed by atoms with Gasteiger partial charge >= 0.3 is 6.18 Å². The summed E-state index contributed by atoms with van der Waals surface area (Å²) in [6, 6.07) is 2.72. The maximum Gasteiger partial charge on any atom is 0.417 e. The number of pyridine rings is 1. The van der Waals surface area contributed by atoms with Crippen molar-refractivity contribution in [3.05, 3.63) is 34.6 Å². The fraction of sp³-hybridized carbons (Fsp3) is 0.200. The quantitative estimate of drug-likeness (QED) is 0.747. The Morgan fingerprint density at radius 2 is 2.19 bits per heavy atom. The van der Waals surface area contributed by atoms with Crippen molar-refractivity contribution in [3.63, 3.8) is 0 Å². The predicted molar refractivity (Wildman–Crippen MR) is 53.5 cm³/mol. The van der Waals surface area contributed by atoms with E-state index in [1.54, 1.807) is 0 Å². The average molecular weight is 247 g/mol. The Morgan fingerprint density at radius 1 is 1.50 bits per heavy atom. The molecule has 0 atom stereocenters. The average Bonchev–Trinajstić information content (AvgIpc) is 2.19. The van der Waals surface area contributed by atoms with Gasteiger partial charge in [0.25, 0.3) is 0 Å². The largest absolute Gasteiger partial charge is 0.417 e. The lowest BCUT2D eigenvalue weighted by molar-refractivity contribution is -0.137. The van der Waals surface area contributed by atoms with Crippen LogP contribution in [0.15, 0.2) is 18.3 Å². The molecule has 1 aromatic rings. The van der Waals surface area contributed by atoms with Gasteiger partial charge in [0, 0.05) is 11.8 Å². The van der Waals surface area contributed by atoms with Gasteiger partial charge in [0.1, 0.15) is 5.15 Å². The van der Waals surface area contributed by atoms with Gasteiger partial charge in [-0.1, -0.05) is 23.8 Å². The van der Waals surface area contributed by atoms with E-state index in [-0.39, 0.29) is 17.1 Å². The van der Waals surface area contributed by atoms with Crippen molar-refractivity contribution in [2.75, 3.05) is 0 Å². The molecule has 0 radical (unpaired) electrons. The third-order valence-corrected chi connectivity index (χ3v) is 2.02. The summed E-state index contributed by atoms with van der Waals surface area (Å²) in [5, 5.41) is 8.24. The van der Waals surface area contributed by atoms with Crippen LogP contribution >= 0.6 is 11.6 Å². The molecule has 0 unspecified atom stereocenters. The fourth-order valence-electron chi connectivity index (χ4n) is 0.976. The molecule has 0 saturated carbocycles. The van der Waals surface area contributed by atoms with Crippen LogP contribution in [0.25, 0.3) is 6.08 Å². The maximum atomic E-state index is 12.3. The third-order valence-electron chi connectivity index (χ3n) is 1.70. The number of nitrogens with zero attached hydrogens (tertiary/aromatic N) is 2. The van der Waals surface area contributed by atoms with Crippen LogP contribution in [0.4, 0.5) is 13.2 Å². The van der Waals surface area contributed by atoms with Gasteiger partial charge in [0.15, 0.2) is 0 Å². The highest BCUT2D eigenvalue weighted by atomic mass is 35.5. The van der Waals surface area contributed by atoms with Crippen molar-refractivity contribution in [1.29, 1.82) is 5.26 Å². The predicted octanol–water partition coefficient (Wildman–Crippen LogP) is 3.68. The first kappa shape index (κ1) is 12.5. The summed E-state index contributed by atoms with van der Waals surface area (Å²) in [7, 11) is 0. The minimum absolute atomic E-state index is 0.0258. The maximum absolute atomic E-state index is 12.3. The number of rotatable bonds is 2. The van der Waals surface area contributed by atoms with E-state index < -0.39 is 11.7 Å². The number of halogens is 4. The lowest BCUT2D eigenvalue weighted by Gasteiger charge is -2.07. The number of nitriles is 1. The van der Waals surface area contributed by atoms with Crippen molar-refractivity contribution in [2.45, 2.75) is 12.6 Å². The molecule has 0 N–H and O–H groups in total. The summed E-state index contributed by atoms with van der Waals surface area (Å²) in [4.78, 5) is 3.44. The van der Waals surface area contributed by atoms with E-state index in [4.69, 9.17) is 16.9 Å². The Labute approximate surface area is 95.0 Å². The van der Waals surface area contributed by atoms with Crippen LogP contribution in [-0.4, -0.2) is 4.98 Å². The second kappa shape index (κ2) is 4.99. The van der Waals surface area contributed by atoms with E-state index in [1.165, 1.54) is 12.2 Å². The molecule has 6 heteroatoms. The lowest BCUT2D eigenvalue weighted by atomic mass is 10.2. The summed E-state index contributed by atoms with van der Waals surface area (Å²) in [6.45, 7) is 0.